The van der Waals surface area contributed by atoms with Crippen molar-refractivity contribution >= 4 is 39.2 Å². The van der Waals surface area contributed by atoms with Gasteiger partial charge in [-0.2, -0.15) is 0 Å². The van der Waals surface area contributed by atoms with E-state index >= 15 is 0 Å². The lowest BCUT2D eigenvalue weighted by Crippen LogP contribution is -2.36. The number of thiazole rings is 1. The van der Waals surface area contributed by atoms with Gasteiger partial charge in [-0.05, 0) is 38.0 Å². The van der Waals surface area contributed by atoms with Crippen molar-refractivity contribution in [2.45, 2.75) is 62.3 Å². The third-order valence-corrected chi connectivity index (χ3v) is 6.61. The van der Waals surface area contributed by atoms with Gasteiger partial charge in [-0.1, -0.05) is 43.9 Å². The van der Waals surface area contributed by atoms with Crippen LogP contribution in [0.5, 0.6) is 5.75 Å². The Morgan fingerprint density at radius 1 is 1.28 bits per heavy atom. The van der Waals surface area contributed by atoms with E-state index in [1.807, 2.05) is 25.1 Å². The summed E-state index contributed by atoms with van der Waals surface area (Å²) in [5.74, 6) is 1.44. The molecular formula is C19H26N2O2S2. The molecule has 1 saturated carbocycles. The third kappa shape index (κ3) is 5.61. The fourth-order valence-electron chi connectivity index (χ4n) is 3.20. The molecule has 1 aromatic heterocycles. The summed E-state index contributed by atoms with van der Waals surface area (Å²) < 4.78 is 7.58. The van der Waals surface area contributed by atoms with Gasteiger partial charge < -0.3 is 10.1 Å². The van der Waals surface area contributed by atoms with Crippen LogP contribution in [0.2, 0.25) is 0 Å². The third-order valence-electron chi connectivity index (χ3n) is 4.45. The Morgan fingerprint density at radius 3 is 2.80 bits per heavy atom. The van der Waals surface area contributed by atoms with Gasteiger partial charge in [0.1, 0.15) is 5.75 Å². The zero-order chi connectivity index (χ0) is 17.5. The lowest BCUT2D eigenvalue weighted by Gasteiger charge is -2.20. The van der Waals surface area contributed by atoms with Gasteiger partial charge in [-0.3, -0.25) is 4.79 Å². The number of carbonyl (C=O) groups is 1. The van der Waals surface area contributed by atoms with Crippen LogP contribution in [0.1, 0.15) is 51.9 Å². The van der Waals surface area contributed by atoms with E-state index in [2.05, 4.69) is 10.3 Å². The maximum Gasteiger partial charge on any atom is 0.230 e. The minimum Gasteiger partial charge on any atom is -0.494 e. The first-order valence-electron chi connectivity index (χ1n) is 9.20. The highest BCUT2D eigenvalue weighted by Crippen LogP contribution is 2.31. The lowest BCUT2D eigenvalue weighted by molar-refractivity contribution is -0.119. The molecule has 2 aromatic rings. The zero-order valence-electron chi connectivity index (χ0n) is 14.8. The summed E-state index contributed by atoms with van der Waals surface area (Å²) in [7, 11) is 0. The normalized spacial score (nSPS) is 16.4. The number of carbonyl (C=O) groups excluding carboxylic acids is 1. The Hall–Kier alpha value is -1.27. The second kappa shape index (κ2) is 9.43. The van der Waals surface area contributed by atoms with Crippen LogP contribution in [-0.4, -0.2) is 29.3 Å². The van der Waals surface area contributed by atoms with E-state index < -0.39 is 0 Å². The largest absolute Gasteiger partial charge is 0.494 e. The van der Waals surface area contributed by atoms with Gasteiger partial charge in [0.25, 0.3) is 0 Å². The maximum atomic E-state index is 12.3. The summed E-state index contributed by atoms with van der Waals surface area (Å²) in [6, 6.07) is 6.31. The predicted molar refractivity (Wildman–Crippen MR) is 106 cm³/mol. The number of amides is 1. The first-order valence-corrected chi connectivity index (χ1v) is 11.0. The number of fused-ring (bicyclic) bond motifs is 1. The van der Waals surface area contributed by atoms with Crippen LogP contribution in [-0.2, 0) is 4.79 Å². The van der Waals surface area contributed by atoms with E-state index in [4.69, 9.17) is 4.74 Å². The molecule has 0 atom stereocenters. The average molecular weight is 379 g/mol. The number of hydrogen-bond donors (Lipinski definition) is 1. The summed E-state index contributed by atoms with van der Waals surface area (Å²) in [6.07, 6.45) is 8.66. The van der Waals surface area contributed by atoms with Crippen LogP contribution in [0.4, 0.5) is 0 Å². The first-order chi connectivity index (χ1) is 12.2. The van der Waals surface area contributed by atoms with Gasteiger partial charge in [-0.25, -0.2) is 4.98 Å². The van der Waals surface area contributed by atoms with Gasteiger partial charge in [0.05, 0.1) is 22.6 Å². The molecule has 0 aliphatic heterocycles. The average Bonchev–Trinajstić information content (AvgIpc) is 2.98. The standard InChI is InChI=1S/C19H26N2O2S2/c1-2-23-15-10-11-16-17(12-15)25-19(21-16)24-13-18(22)20-14-8-6-4-3-5-7-9-14/h10-12,14H,2-9,13H2,1H3,(H,20,22). The Morgan fingerprint density at radius 2 is 2.04 bits per heavy atom. The number of thioether (sulfide) groups is 1. The number of nitrogens with zero attached hydrogens (tertiary/aromatic N) is 1. The molecule has 1 heterocycles. The molecular weight excluding hydrogens is 352 g/mol. The van der Waals surface area contributed by atoms with Crippen LogP contribution < -0.4 is 10.1 Å². The van der Waals surface area contributed by atoms with Crippen molar-refractivity contribution in [1.82, 2.24) is 10.3 Å². The van der Waals surface area contributed by atoms with Crippen LogP contribution in [0, 0.1) is 0 Å². The molecule has 0 saturated heterocycles. The topological polar surface area (TPSA) is 51.2 Å². The molecule has 0 unspecified atom stereocenters. The monoisotopic (exact) mass is 378 g/mol. The number of nitrogens with one attached hydrogen (secondary N) is 1. The van der Waals surface area contributed by atoms with Crippen LogP contribution in [0.25, 0.3) is 10.2 Å². The van der Waals surface area contributed by atoms with E-state index in [1.54, 1.807) is 11.3 Å². The molecule has 3 rings (SSSR count). The molecule has 0 spiro atoms. The Labute approximate surface area is 157 Å². The molecule has 1 aliphatic carbocycles. The van der Waals surface area contributed by atoms with E-state index in [0.717, 1.165) is 33.1 Å². The fraction of sp³-hybridized carbons (Fsp3) is 0.579. The minimum atomic E-state index is 0.129. The number of ether oxygens (including phenoxy) is 1. The highest BCUT2D eigenvalue weighted by molar-refractivity contribution is 8.01. The second-order valence-electron chi connectivity index (χ2n) is 6.44. The summed E-state index contributed by atoms with van der Waals surface area (Å²) in [4.78, 5) is 16.9. The molecule has 1 fully saturated rings. The smallest absolute Gasteiger partial charge is 0.230 e. The molecule has 1 N–H and O–H groups in total. The van der Waals surface area contributed by atoms with E-state index in [-0.39, 0.29) is 5.91 Å². The molecule has 136 valence electrons. The molecule has 4 nitrogen and oxygen atoms in total. The summed E-state index contributed by atoms with van der Waals surface area (Å²) in [6.45, 7) is 2.64. The van der Waals surface area contributed by atoms with Gasteiger partial charge in [-0.15, -0.1) is 11.3 Å². The van der Waals surface area contributed by atoms with Gasteiger partial charge in [0, 0.05) is 6.04 Å². The second-order valence-corrected chi connectivity index (χ2v) is 8.69. The highest BCUT2D eigenvalue weighted by Gasteiger charge is 2.15. The van der Waals surface area contributed by atoms with Crippen LogP contribution in [0.15, 0.2) is 22.5 Å². The molecule has 1 amide bonds. The van der Waals surface area contributed by atoms with Crippen molar-refractivity contribution in [2.24, 2.45) is 0 Å². The van der Waals surface area contributed by atoms with Crippen molar-refractivity contribution < 1.29 is 9.53 Å². The zero-order valence-corrected chi connectivity index (χ0v) is 16.4. The number of hydrogen-bond acceptors (Lipinski definition) is 5. The predicted octanol–water partition coefficient (Wildman–Crippen LogP) is 5.02. The number of benzene rings is 1. The fourth-order valence-corrected chi connectivity index (χ4v) is 5.11. The summed E-state index contributed by atoms with van der Waals surface area (Å²) in [5, 5.41) is 3.21. The Bertz CT molecular complexity index is 694. The van der Waals surface area contributed by atoms with Crippen molar-refractivity contribution in [3.8, 4) is 5.75 Å². The van der Waals surface area contributed by atoms with E-state index in [1.165, 1.54) is 43.9 Å². The van der Waals surface area contributed by atoms with Crippen molar-refractivity contribution in [3.63, 3.8) is 0 Å². The molecule has 0 radical (unpaired) electrons. The van der Waals surface area contributed by atoms with Crippen molar-refractivity contribution in [2.75, 3.05) is 12.4 Å². The molecule has 6 heteroatoms. The molecule has 0 bridgehead atoms. The Balaban J connectivity index is 1.51. The van der Waals surface area contributed by atoms with Gasteiger partial charge >= 0.3 is 0 Å². The molecule has 1 aromatic carbocycles. The van der Waals surface area contributed by atoms with Crippen molar-refractivity contribution in [1.29, 1.82) is 0 Å². The number of aromatic nitrogens is 1. The quantitative estimate of drug-likeness (QED) is 0.717. The van der Waals surface area contributed by atoms with E-state index in [9.17, 15) is 4.79 Å². The van der Waals surface area contributed by atoms with E-state index in [0.29, 0.717) is 18.4 Å². The van der Waals surface area contributed by atoms with Crippen molar-refractivity contribution in [3.05, 3.63) is 18.2 Å². The lowest BCUT2D eigenvalue weighted by atomic mass is 9.97. The maximum absolute atomic E-state index is 12.3. The van der Waals surface area contributed by atoms with Gasteiger partial charge in [0.2, 0.25) is 5.91 Å². The van der Waals surface area contributed by atoms with Crippen LogP contribution in [0.3, 0.4) is 0 Å². The molecule has 25 heavy (non-hydrogen) atoms. The van der Waals surface area contributed by atoms with Gasteiger partial charge in [0.15, 0.2) is 4.34 Å². The number of rotatable bonds is 6. The minimum absolute atomic E-state index is 0.129. The highest BCUT2D eigenvalue weighted by atomic mass is 32.2. The first kappa shape index (κ1) is 18.5. The van der Waals surface area contributed by atoms with Crippen LogP contribution >= 0.6 is 23.1 Å². The SMILES string of the molecule is CCOc1ccc2nc(SCC(=O)NC3CCCCCCC3)sc2c1. The summed E-state index contributed by atoms with van der Waals surface area (Å²) >= 11 is 3.15. The summed E-state index contributed by atoms with van der Waals surface area (Å²) in [5.41, 5.74) is 0.969. The Kier molecular flexibility index (Phi) is 6.99. The molecule has 1 aliphatic rings.